The van der Waals surface area contributed by atoms with Crippen LogP contribution in [0.3, 0.4) is 0 Å². The third-order valence-electron chi connectivity index (χ3n) is 6.06. The lowest BCUT2D eigenvalue weighted by Gasteiger charge is -2.17. The van der Waals surface area contributed by atoms with E-state index in [0.717, 1.165) is 12.8 Å². The maximum Gasteiger partial charge on any atom is 0.254 e. The average Bonchev–Trinajstić information content (AvgIpc) is 3.66. The van der Waals surface area contributed by atoms with Gasteiger partial charge in [0.05, 0.1) is 37.3 Å². The maximum atomic E-state index is 12.3. The number of carbonyl (C=O) groups excluding carboxylic acids is 1. The molecule has 0 aromatic carbocycles. The van der Waals surface area contributed by atoms with E-state index in [1.165, 1.54) is 28.0 Å². The highest BCUT2D eigenvalue weighted by Gasteiger charge is 2.44. The number of nitrogens with one attached hydrogen (secondary N) is 2. The van der Waals surface area contributed by atoms with Gasteiger partial charge in [-0.15, -0.1) is 0 Å². The number of aliphatic hydroxyl groups excluding tert-OH is 3. The van der Waals surface area contributed by atoms with Gasteiger partial charge in [0.15, 0.2) is 23.2 Å². The first kappa shape index (κ1) is 23.6. The standard InChI is InChI=1S/C21H28N8O6/c1-2-4-22-19(33)11-6-24-29(7-11)21-26-17(25-12-3-5-34-9-12)14-18(27-21)28(10-23-14)20-16(32)15(31)13(8-30)35-20/h6-7,10,12-13,15-16,20,30-32H,2-5,8-9H2,1H3,(H,22,33)(H,25,26,27)/t12-,13-,15-,16-,20-/m1/s1. The summed E-state index contributed by atoms with van der Waals surface area (Å²) in [5.41, 5.74) is 1.10. The summed E-state index contributed by atoms with van der Waals surface area (Å²) in [5, 5.41) is 40.6. The Morgan fingerprint density at radius 1 is 1.29 bits per heavy atom. The van der Waals surface area contributed by atoms with Gasteiger partial charge >= 0.3 is 0 Å². The fourth-order valence-corrected chi connectivity index (χ4v) is 4.14. The van der Waals surface area contributed by atoms with E-state index in [1.807, 2.05) is 6.92 Å². The Hall–Kier alpha value is -3.17. The van der Waals surface area contributed by atoms with E-state index in [2.05, 4.69) is 30.7 Å². The molecule has 35 heavy (non-hydrogen) atoms. The summed E-state index contributed by atoms with van der Waals surface area (Å²) >= 11 is 0. The van der Waals surface area contributed by atoms with E-state index in [1.54, 1.807) is 0 Å². The Kier molecular flexibility index (Phi) is 6.62. The van der Waals surface area contributed by atoms with Gasteiger partial charge in [0.2, 0.25) is 0 Å². The number of anilines is 1. The van der Waals surface area contributed by atoms with Crippen LogP contribution in [0.5, 0.6) is 0 Å². The zero-order valence-corrected chi connectivity index (χ0v) is 19.1. The molecule has 0 unspecified atom stereocenters. The minimum Gasteiger partial charge on any atom is -0.394 e. The molecule has 3 aromatic rings. The van der Waals surface area contributed by atoms with Crippen LogP contribution in [-0.2, 0) is 9.47 Å². The molecule has 3 aromatic heterocycles. The summed E-state index contributed by atoms with van der Waals surface area (Å²) in [7, 11) is 0. The van der Waals surface area contributed by atoms with Gasteiger partial charge < -0.3 is 35.4 Å². The first-order valence-corrected chi connectivity index (χ1v) is 11.5. The molecule has 2 aliphatic rings. The van der Waals surface area contributed by atoms with Crippen molar-refractivity contribution in [1.82, 2.24) is 34.6 Å². The highest BCUT2D eigenvalue weighted by molar-refractivity contribution is 5.93. The van der Waals surface area contributed by atoms with E-state index in [-0.39, 0.29) is 17.9 Å². The number of ether oxygens (including phenoxy) is 2. The van der Waals surface area contributed by atoms with E-state index >= 15 is 0 Å². The third kappa shape index (κ3) is 4.46. The summed E-state index contributed by atoms with van der Waals surface area (Å²) in [6.45, 7) is 3.21. The summed E-state index contributed by atoms with van der Waals surface area (Å²) < 4.78 is 14.0. The maximum absolute atomic E-state index is 12.3. The monoisotopic (exact) mass is 488 g/mol. The van der Waals surface area contributed by atoms with Crippen molar-refractivity contribution in [1.29, 1.82) is 0 Å². The normalized spacial score (nSPS) is 26.5. The van der Waals surface area contributed by atoms with Gasteiger partial charge in [-0.25, -0.2) is 9.67 Å². The molecule has 5 heterocycles. The van der Waals surface area contributed by atoms with E-state index in [0.29, 0.717) is 42.3 Å². The molecule has 2 aliphatic heterocycles. The Morgan fingerprint density at radius 3 is 2.86 bits per heavy atom. The zero-order chi connectivity index (χ0) is 24.5. The first-order valence-electron chi connectivity index (χ1n) is 11.5. The summed E-state index contributed by atoms with van der Waals surface area (Å²) in [4.78, 5) is 25.9. The Bertz CT molecular complexity index is 1190. The van der Waals surface area contributed by atoms with Gasteiger partial charge in [-0.1, -0.05) is 6.92 Å². The summed E-state index contributed by atoms with van der Waals surface area (Å²) in [6, 6.07) is 0.0213. The molecule has 0 saturated carbocycles. The highest BCUT2D eigenvalue weighted by Crippen LogP contribution is 2.33. The molecule has 5 N–H and O–H groups in total. The molecule has 1 amide bonds. The summed E-state index contributed by atoms with van der Waals surface area (Å²) in [6.07, 6.45) is 1.45. The molecule has 0 bridgehead atoms. The fraction of sp³-hybridized carbons (Fsp3) is 0.571. The van der Waals surface area contributed by atoms with Crippen molar-refractivity contribution in [2.75, 3.05) is 31.7 Å². The number of hydrogen-bond donors (Lipinski definition) is 5. The second-order valence-electron chi connectivity index (χ2n) is 8.56. The van der Waals surface area contributed by atoms with Gasteiger partial charge in [-0.05, 0) is 12.8 Å². The molecule has 0 aliphatic carbocycles. The molecular weight excluding hydrogens is 460 g/mol. The molecule has 0 radical (unpaired) electrons. The van der Waals surface area contributed by atoms with Gasteiger partial charge in [-0.2, -0.15) is 15.1 Å². The van der Waals surface area contributed by atoms with Crippen LogP contribution in [0.2, 0.25) is 0 Å². The quantitative estimate of drug-likeness (QED) is 0.261. The Balaban J connectivity index is 1.55. The molecule has 2 saturated heterocycles. The predicted molar refractivity (Wildman–Crippen MR) is 121 cm³/mol. The van der Waals surface area contributed by atoms with Gasteiger partial charge in [0.1, 0.15) is 18.3 Å². The molecule has 14 nitrogen and oxygen atoms in total. The number of carbonyl (C=O) groups is 1. The number of amides is 1. The van der Waals surface area contributed by atoms with Crippen LogP contribution in [0, 0.1) is 0 Å². The number of imidazole rings is 1. The first-order chi connectivity index (χ1) is 17.0. The molecule has 14 heteroatoms. The lowest BCUT2D eigenvalue weighted by molar-refractivity contribution is -0.0511. The van der Waals surface area contributed by atoms with Crippen LogP contribution in [0.25, 0.3) is 17.1 Å². The smallest absolute Gasteiger partial charge is 0.254 e. The number of aromatic nitrogens is 6. The minimum atomic E-state index is -1.30. The zero-order valence-electron chi connectivity index (χ0n) is 19.1. The van der Waals surface area contributed by atoms with Crippen molar-refractivity contribution < 1.29 is 29.6 Å². The molecule has 0 spiro atoms. The van der Waals surface area contributed by atoms with Crippen LogP contribution in [0.4, 0.5) is 5.82 Å². The highest BCUT2D eigenvalue weighted by atomic mass is 16.6. The van der Waals surface area contributed by atoms with Gasteiger partial charge in [0, 0.05) is 19.3 Å². The third-order valence-corrected chi connectivity index (χ3v) is 6.06. The van der Waals surface area contributed by atoms with Crippen molar-refractivity contribution in [3.05, 3.63) is 24.3 Å². The number of fused-ring (bicyclic) bond motifs is 1. The van der Waals surface area contributed by atoms with Crippen LogP contribution in [0.15, 0.2) is 18.7 Å². The number of aliphatic hydroxyl groups is 3. The van der Waals surface area contributed by atoms with E-state index < -0.39 is 31.1 Å². The van der Waals surface area contributed by atoms with Crippen molar-refractivity contribution in [3.8, 4) is 5.95 Å². The number of nitrogens with zero attached hydrogens (tertiary/aromatic N) is 6. The SMILES string of the molecule is CCCNC(=O)c1cnn(-c2nc(N[C@@H]3CCOC3)c3ncn([C@@H]4O[C@H](CO)[C@@H](O)[C@H]4O)c3n2)c1. The van der Waals surface area contributed by atoms with Crippen molar-refractivity contribution >= 4 is 22.9 Å². The molecule has 5 atom stereocenters. The van der Waals surface area contributed by atoms with Gasteiger partial charge in [-0.3, -0.25) is 9.36 Å². The topological polar surface area (TPSA) is 182 Å². The minimum absolute atomic E-state index is 0.0213. The van der Waals surface area contributed by atoms with Crippen molar-refractivity contribution in [2.24, 2.45) is 0 Å². The predicted octanol–water partition coefficient (Wildman–Crippen LogP) is -1.04. The average molecular weight is 489 g/mol. The van der Waals surface area contributed by atoms with Gasteiger partial charge in [0.25, 0.3) is 11.9 Å². The molecule has 188 valence electrons. The number of hydrogen-bond acceptors (Lipinski definition) is 11. The lowest BCUT2D eigenvalue weighted by Crippen LogP contribution is -2.33. The van der Waals surface area contributed by atoms with E-state index in [9.17, 15) is 20.1 Å². The Morgan fingerprint density at radius 2 is 2.14 bits per heavy atom. The van der Waals surface area contributed by atoms with Crippen molar-refractivity contribution in [2.45, 2.75) is 50.3 Å². The number of rotatable bonds is 8. The summed E-state index contributed by atoms with van der Waals surface area (Å²) in [5.74, 6) is 0.345. The van der Waals surface area contributed by atoms with Crippen LogP contribution in [-0.4, -0.2) is 101 Å². The van der Waals surface area contributed by atoms with E-state index in [4.69, 9.17) is 9.47 Å². The lowest BCUT2D eigenvalue weighted by atomic mass is 10.1. The second-order valence-corrected chi connectivity index (χ2v) is 8.56. The molecule has 2 fully saturated rings. The molecule has 5 rings (SSSR count). The van der Waals surface area contributed by atoms with Crippen LogP contribution >= 0.6 is 0 Å². The molecular formula is C21H28N8O6. The fourth-order valence-electron chi connectivity index (χ4n) is 4.14. The second kappa shape index (κ2) is 9.83. The van der Waals surface area contributed by atoms with Crippen LogP contribution < -0.4 is 10.6 Å². The Labute approximate surface area is 199 Å². The largest absolute Gasteiger partial charge is 0.394 e. The van der Waals surface area contributed by atoms with Crippen molar-refractivity contribution in [3.63, 3.8) is 0 Å². The van der Waals surface area contributed by atoms with Crippen LogP contribution in [0.1, 0.15) is 36.4 Å².